The Bertz CT molecular complexity index is 757. The first-order valence-electron chi connectivity index (χ1n) is 10.9. The molecule has 0 spiro atoms. The lowest BCUT2D eigenvalue weighted by molar-refractivity contribution is -0.137. The fraction of sp³-hybridized carbons (Fsp3) is 0.682. The SMILES string of the molecule is CCNC(=NCC(C)(O)CN1CCOCC1)NCC1(c2cccc(C(F)(F)F)c2)CC1. The topological polar surface area (TPSA) is 69.1 Å². The van der Waals surface area contributed by atoms with Crippen LogP contribution >= 0.6 is 0 Å². The van der Waals surface area contributed by atoms with Crippen LogP contribution in [0.1, 0.15) is 37.8 Å². The number of nitrogens with one attached hydrogen (secondary N) is 2. The van der Waals surface area contributed by atoms with Gasteiger partial charge in [-0.3, -0.25) is 9.89 Å². The van der Waals surface area contributed by atoms with Crippen LogP contribution in [-0.4, -0.2) is 74.0 Å². The number of ether oxygens (including phenoxy) is 1. The van der Waals surface area contributed by atoms with Gasteiger partial charge in [0.25, 0.3) is 0 Å². The highest BCUT2D eigenvalue weighted by molar-refractivity contribution is 5.80. The van der Waals surface area contributed by atoms with Gasteiger partial charge in [-0.15, -0.1) is 0 Å². The number of alkyl halides is 3. The first kappa shape index (κ1) is 23.8. The maximum Gasteiger partial charge on any atom is 0.416 e. The van der Waals surface area contributed by atoms with E-state index in [2.05, 4.69) is 20.5 Å². The van der Waals surface area contributed by atoms with Gasteiger partial charge in [-0.1, -0.05) is 18.2 Å². The number of β-amino-alcohol motifs (C(OH)–C–C–N with tert-alkyl or cyclic N) is 1. The molecule has 0 radical (unpaired) electrons. The van der Waals surface area contributed by atoms with Gasteiger partial charge in [0.1, 0.15) is 0 Å². The Morgan fingerprint density at radius 1 is 1.23 bits per heavy atom. The molecule has 2 fully saturated rings. The van der Waals surface area contributed by atoms with Crippen molar-refractivity contribution in [1.82, 2.24) is 15.5 Å². The number of guanidine groups is 1. The predicted molar refractivity (Wildman–Crippen MR) is 114 cm³/mol. The van der Waals surface area contributed by atoms with E-state index >= 15 is 0 Å². The summed E-state index contributed by atoms with van der Waals surface area (Å²) >= 11 is 0. The molecule has 1 atom stereocenters. The van der Waals surface area contributed by atoms with Crippen LogP contribution in [0.3, 0.4) is 0 Å². The Hall–Kier alpha value is -1.84. The molecule has 1 aliphatic carbocycles. The number of nitrogens with zero attached hydrogens (tertiary/aromatic N) is 2. The molecule has 1 heterocycles. The van der Waals surface area contributed by atoms with E-state index in [1.165, 1.54) is 12.1 Å². The summed E-state index contributed by atoms with van der Waals surface area (Å²) in [5, 5.41) is 17.2. The number of halogens is 3. The predicted octanol–water partition coefficient (Wildman–Crippen LogP) is 2.38. The zero-order chi connectivity index (χ0) is 22.5. The molecule has 0 bridgehead atoms. The second-order valence-corrected chi connectivity index (χ2v) is 8.79. The van der Waals surface area contributed by atoms with Crippen LogP contribution in [-0.2, 0) is 16.3 Å². The molecule has 2 aliphatic rings. The van der Waals surface area contributed by atoms with Gasteiger partial charge in [0.05, 0.1) is 30.9 Å². The number of hydrogen-bond acceptors (Lipinski definition) is 4. The third-order valence-corrected chi connectivity index (χ3v) is 5.84. The van der Waals surface area contributed by atoms with E-state index in [4.69, 9.17) is 4.74 Å². The monoisotopic (exact) mass is 442 g/mol. The molecule has 6 nitrogen and oxygen atoms in total. The molecular formula is C22H33F3N4O2. The Kier molecular flexibility index (Phi) is 7.49. The van der Waals surface area contributed by atoms with E-state index in [1.54, 1.807) is 13.0 Å². The highest BCUT2D eigenvalue weighted by Gasteiger charge is 2.45. The first-order valence-corrected chi connectivity index (χ1v) is 10.9. The standard InChI is InChI=1S/C22H33F3N4O2/c1-3-26-19(27-14-20(2,30)16-29-9-11-31-12-10-29)28-15-21(7-8-21)17-5-4-6-18(13-17)22(23,24)25/h4-6,13,30H,3,7-12,14-16H2,1-2H3,(H2,26,27,28). The van der Waals surface area contributed by atoms with Gasteiger partial charge in [0.2, 0.25) is 0 Å². The van der Waals surface area contributed by atoms with E-state index in [-0.39, 0.29) is 12.0 Å². The van der Waals surface area contributed by atoms with Crippen LogP contribution in [0, 0.1) is 0 Å². The summed E-state index contributed by atoms with van der Waals surface area (Å²) in [5.74, 6) is 0.558. The van der Waals surface area contributed by atoms with Crippen molar-refractivity contribution >= 4 is 5.96 Å². The lowest BCUT2D eigenvalue weighted by atomic mass is 9.94. The molecule has 1 aromatic rings. The Morgan fingerprint density at radius 3 is 2.55 bits per heavy atom. The lowest BCUT2D eigenvalue weighted by Crippen LogP contribution is -2.48. The van der Waals surface area contributed by atoms with Crippen LogP contribution in [0.4, 0.5) is 13.2 Å². The second-order valence-electron chi connectivity index (χ2n) is 8.79. The number of morpholine rings is 1. The Labute approximate surface area is 181 Å². The van der Waals surface area contributed by atoms with Crippen molar-refractivity contribution in [3.05, 3.63) is 35.4 Å². The van der Waals surface area contributed by atoms with Gasteiger partial charge in [0.15, 0.2) is 5.96 Å². The van der Waals surface area contributed by atoms with Crippen molar-refractivity contribution in [2.75, 3.05) is 52.5 Å². The molecule has 1 saturated heterocycles. The molecule has 3 N–H and O–H groups in total. The molecular weight excluding hydrogens is 409 g/mol. The largest absolute Gasteiger partial charge is 0.416 e. The molecule has 0 aromatic heterocycles. The summed E-state index contributed by atoms with van der Waals surface area (Å²) in [7, 11) is 0. The van der Waals surface area contributed by atoms with Crippen LogP contribution in [0.5, 0.6) is 0 Å². The summed E-state index contributed by atoms with van der Waals surface area (Å²) in [6.45, 7) is 8.49. The highest BCUT2D eigenvalue weighted by atomic mass is 19.4. The normalized spacial score (nSPS) is 21.4. The van der Waals surface area contributed by atoms with Crippen molar-refractivity contribution in [3.8, 4) is 0 Å². The van der Waals surface area contributed by atoms with E-state index in [0.717, 1.165) is 32.0 Å². The average Bonchev–Trinajstić information content (AvgIpc) is 3.51. The van der Waals surface area contributed by atoms with Gasteiger partial charge < -0.3 is 20.5 Å². The number of aliphatic hydroxyl groups is 1. The van der Waals surface area contributed by atoms with Crippen molar-refractivity contribution in [1.29, 1.82) is 0 Å². The Balaban J connectivity index is 1.61. The number of hydrogen-bond donors (Lipinski definition) is 3. The summed E-state index contributed by atoms with van der Waals surface area (Å²) in [6.07, 6.45) is -2.69. The molecule has 1 saturated carbocycles. The van der Waals surface area contributed by atoms with E-state index in [0.29, 0.717) is 44.4 Å². The molecule has 1 aliphatic heterocycles. The Morgan fingerprint density at radius 2 is 1.94 bits per heavy atom. The number of rotatable bonds is 8. The smallest absolute Gasteiger partial charge is 0.387 e. The van der Waals surface area contributed by atoms with Gasteiger partial charge in [-0.2, -0.15) is 13.2 Å². The first-order chi connectivity index (χ1) is 14.6. The van der Waals surface area contributed by atoms with Crippen LogP contribution in [0.25, 0.3) is 0 Å². The van der Waals surface area contributed by atoms with Crippen molar-refractivity contribution < 1.29 is 23.0 Å². The minimum atomic E-state index is -4.35. The van der Waals surface area contributed by atoms with Gasteiger partial charge in [-0.25, -0.2) is 0 Å². The summed E-state index contributed by atoms with van der Waals surface area (Å²) in [6, 6.07) is 5.60. The molecule has 9 heteroatoms. The van der Waals surface area contributed by atoms with Gasteiger partial charge >= 0.3 is 6.18 Å². The molecule has 1 unspecified atom stereocenters. The molecule has 0 amide bonds. The zero-order valence-corrected chi connectivity index (χ0v) is 18.3. The quantitative estimate of drug-likeness (QED) is 0.426. The second kappa shape index (κ2) is 9.75. The van der Waals surface area contributed by atoms with Crippen LogP contribution in [0.15, 0.2) is 29.3 Å². The van der Waals surface area contributed by atoms with E-state index in [9.17, 15) is 18.3 Å². The van der Waals surface area contributed by atoms with Gasteiger partial charge in [0, 0.05) is 38.1 Å². The third kappa shape index (κ3) is 6.82. The van der Waals surface area contributed by atoms with E-state index in [1.807, 2.05) is 6.92 Å². The molecule has 3 rings (SSSR count). The van der Waals surface area contributed by atoms with Crippen molar-refractivity contribution in [3.63, 3.8) is 0 Å². The third-order valence-electron chi connectivity index (χ3n) is 5.84. The van der Waals surface area contributed by atoms with Crippen molar-refractivity contribution in [2.45, 2.75) is 43.9 Å². The van der Waals surface area contributed by atoms with E-state index < -0.39 is 17.3 Å². The fourth-order valence-electron chi connectivity index (χ4n) is 3.88. The van der Waals surface area contributed by atoms with Gasteiger partial charge in [-0.05, 0) is 38.3 Å². The molecule has 174 valence electrons. The average molecular weight is 443 g/mol. The van der Waals surface area contributed by atoms with Crippen LogP contribution in [0.2, 0.25) is 0 Å². The number of benzene rings is 1. The number of aliphatic imine (C=N–C) groups is 1. The minimum absolute atomic E-state index is 0.219. The maximum absolute atomic E-state index is 13.1. The summed E-state index contributed by atoms with van der Waals surface area (Å²) in [5.41, 5.74) is -1.22. The fourth-order valence-corrected chi connectivity index (χ4v) is 3.88. The summed E-state index contributed by atoms with van der Waals surface area (Å²) < 4.78 is 44.6. The zero-order valence-electron chi connectivity index (χ0n) is 18.3. The minimum Gasteiger partial charge on any atom is -0.387 e. The lowest BCUT2D eigenvalue weighted by Gasteiger charge is -2.33. The van der Waals surface area contributed by atoms with Crippen LogP contribution < -0.4 is 10.6 Å². The summed E-state index contributed by atoms with van der Waals surface area (Å²) in [4.78, 5) is 6.70. The molecule has 1 aromatic carbocycles. The highest BCUT2D eigenvalue weighted by Crippen LogP contribution is 2.48. The van der Waals surface area contributed by atoms with Crippen molar-refractivity contribution in [2.24, 2.45) is 4.99 Å². The molecule has 31 heavy (non-hydrogen) atoms. The maximum atomic E-state index is 13.1.